The van der Waals surface area contributed by atoms with Crippen LogP contribution in [0.1, 0.15) is 25.3 Å². The third-order valence-electron chi connectivity index (χ3n) is 3.73. The summed E-state index contributed by atoms with van der Waals surface area (Å²) in [5.41, 5.74) is 7.94. The zero-order valence-electron chi connectivity index (χ0n) is 10.3. The summed E-state index contributed by atoms with van der Waals surface area (Å²) < 4.78 is 7.64. The van der Waals surface area contributed by atoms with Crippen LogP contribution in [0.5, 0.6) is 0 Å². The number of methoxy groups -OCH3 is 1. The largest absolute Gasteiger partial charge is 0.379 e. The fourth-order valence-corrected chi connectivity index (χ4v) is 3.08. The SMILES string of the molecule is COC1CCCC1n1c(N)nc2cc(Cl)ccc21. The first-order valence-corrected chi connectivity index (χ1v) is 6.54. The first-order valence-electron chi connectivity index (χ1n) is 6.16. The fourth-order valence-electron chi connectivity index (χ4n) is 2.92. The zero-order chi connectivity index (χ0) is 12.7. The van der Waals surface area contributed by atoms with Gasteiger partial charge in [0.25, 0.3) is 0 Å². The zero-order valence-corrected chi connectivity index (χ0v) is 11.0. The van der Waals surface area contributed by atoms with E-state index in [0.29, 0.717) is 11.0 Å². The van der Waals surface area contributed by atoms with Crippen molar-refractivity contribution in [1.29, 1.82) is 0 Å². The summed E-state index contributed by atoms with van der Waals surface area (Å²) >= 11 is 5.98. The maximum Gasteiger partial charge on any atom is 0.201 e. The molecule has 0 aliphatic heterocycles. The first kappa shape index (κ1) is 11.8. The van der Waals surface area contributed by atoms with Crippen LogP contribution in [-0.4, -0.2) is 22.8 Å². The predicted octanol–water partition coefficient (Wildman–Crippen LogP) is 3.01. The second-order valence-corrected chi connectivity index (χ2v) is 5.18. The van der Waals surface area contributed by atoms with Crippen LogP contribution in [0.25, 0.3) is 11.0 Å². The van der Waals surface area contributed by atoms with E-state index in [9.17, 15) is 0 Å². The van der Waals surface area contributed by atoms with E-state index in [2.05, 4.69) is 9.55 Å². The molecule has 2 N–H and O–H groups in total. The number of nitrogens with zero attached hydrogens (tertiary/aromatic N) is 2. The van der Waals surface area contributed by atoms with Crippen molar-refractivity contribution in [3.63, 3.8) is 0 Å². The van der Waals surface area contributed by atoms with Gasteiger partial charge >= 0.3 is 0 Å². The van der Waals surface area contributed by atoms with Crippen molar-refractivity contribution in [3.8, 4) is 0 Å². The lowest BCUT2D eigenvalue weighted by Crippen LogP contribution is -2.21. The summed E-state index contributed by atoms with van der Waals surface area (Å²) in [5, 5.41) is 0.682. The molecule has 2 atom stereocenters. The second-order valence-electron chi connectivity index (χ2n) is 4.75. The van der Waals surface area contributed by atoms with Crippen LogP contribution in [-0.2, 0) is 4.74 Å². The number of rotatable bonds is 2. The molecule has 5 heteroatoms. The molecule has 96 valence electrons. The van der Waals surface area contributed by atoms with Crippen LogP contribution in [0.4, 0.5) is 5.95 Å². The van der Waals surface area contributed by atoms with E-state index in [1.54, 1.807) is 7.11 Å². The minimum atomic E-state index is 0.223. The first-order chi connectivity index (χ1) is 8.70. The number of anilines is 1. The van der Waals surface area contributed by atoms with Gasteiger partial charge in [0, 0.05) is 12.1 Å². The molecule has 0 amide bonds. The number of benzene rings is 1. The summed E-state index contributed by atoms with van der Waals surface area (Å²) in [7, 11) is 1.76. The van der Waals surface area contributed by atoms with Crippen molar-refractivity contribution in [2.45, 2.75) is 31.4 Å². The number of aromatic nitrogens is 2. The predicted molar refractivity (Wildman–Crippen MR) is 72.8 cm³/mol. The van der Waals surface area contributed by atoms with Gasteiger partial charge in [-0.05, 0) is 37.5 Å². The van der Waals surface area contributed by atoms with Gasteiger partial charge in [0.15, 0.2) is 0 Å². The third-order valence-corrected chi connectivity index (χ3v) is 3.97. The molecule has 18 heavy (non-hydrogen) atoms. The van der Waals surface area contributed by atoms with E-state index in [-0.39, 0.29) is 12.1 Å². The van der Waals surface area contributed by atoms with E-state index < -0.39 is 0 Å². The smallest absolute Gasteiger partial charge is 0.201 e. The quantitative estimate of drug-likeness (QED) is 0.908. The Hall–Kier alpha value is -1.26. The highest BCUT2D eigenvalue weighted by Crippen LogP contribution is 2.36. The Bertz CT molecular complexity index is 581. The summed E-state index contributed by atoms with van der Waals surface area (Å²) in [5.74, 6) is 0.543. The molecule has 0 saturated heterocycles. The van der Waals surface area contributed by atoms with Crippen LogP contribution < -0.4 is 5.73 Å². The van der Waals surface area contributed by atoms with Crippen LogP contribution >= 0.6 is 11.6 Å². The van der Waals surface area contributed by atoms with Gasteiger partial charge in [-0.25, -0.2) is 4.98 Å². The second kappa shape index (κ2) is 4.44. The van der Waals surface area contributed by atoms with Crippen molar-refractivity contribution in [3.05, 3.63) is 23.2 Å². The lowest BCUT2D eigenvalue weighted by molar-refractivity contribution is 0.0768. The third kappa shape index (κ3) is 1.76. The van der Waals surface area contributed by atoms with Gasteiger partial charge in [0.05, 0.1) is 23.2 Å². The number of hydrogen-bond acceptors (Lipinski definition) is 3. The Morgan fingerprint density at radius 3 is 3.06 bits per heavy atom. The highest BCUT2D eigenvalue weighted by molar-refractivity contribution is 6.31. The summed E-state index contributed by atoms with van der Waals surface area (Å²) in [6.07, 6.45) is 3.54. The van der Waals surface area contributed by atoms with E-state index in [0.717, 1.165) is 30.3 Å². The summed E-state index contributed by atoms with van der Waals surface area (Å²) in [6, 6.07) is 5.98. The van der Waals surface area contributed by atoms with Gasteiger partial charge in [-0.2, -0.15) is 0 Å². The van der Waals surface area contributed by atoms with Crippen molar-refractivity contribution in [1.82, 2.24) is 9.55 Å². The molecule has 1 aromatic heterocycles. The lowest BCUT2D eigenvalue weighted by Gasteiger charge is -2.21. The topological polar surface area (TPSA) is 53.1 Å². The molecule has 1 heterocycles. The number of nitrogens with two attached hydrogens (primary N) is 1. The van der Waals surface area contributed by atoms with Gasteiger partial charge in [0.1, 0.15) is 0 Å². The van der Waals surface area contributed by atoms with Gasteiger partial charge in [-0.3, -0.25) is 0 Å². The Morgan fingerprint density at radius 2 is 2.28 bits per heavy atom. The maximum absolute atomic E-state index is 6.05. The number of imidazole rings is 1. The number of hydrogen-bond donors (Lipinski definition) is 1. The molecule has 1 aliphatic rings. The molecule has 0 radical (unpaired) electrons. The molecule has 0 bridgehead atoms. The van der Waals surface area contributed by atoms with Crippen LogP contribution in [0.2, 0.25) is 5.02 Å². The van der Waals surface area contributed by atoms with Gasteiger partial charge in [0.2, 0.25) is 5.95 Å². The lowest BCUT2D eigenvalue weighted by atomic mass is 10.2. The fraction of sp³-hybridized carbons (Fsp3) is 0.462. The molecule has 0 spiro atoms. The van der Waals surface area contributed by atoms with E-state index in [4.69, 9.17) is 22.1 Å². The Balaban J connectivity index is 2.13. The molecule has 4 nitrogen and oxygen atoms in total. The molecule has 1 fully saturated rings. The van der Waals surface area contributed by atoms with Crippen LogP contribution in [0.15, 0.2) is 18.2 Å². The Kier molecular flexibility index (Phi) is 2.92. The van der Waals surface area contributed by atoms with E-state index in [1.807, 2.05) is 18.2 Å². The Morgan fingerprint density at radius 1 is 1.44 bits per heavy atom. The molecule has 1 aliphatic carbocycles. The van der Waals surface area contributed by atoms with E-state index in [1.165, 1.54) is 0 Å². The molecule has 3 rings (SSSR count). The summed E-state index contributed by atoms with van der Waals surface area (Å²) in [6.45, 7) is 0. The molecular weight excluding hydrogens is 250 g/mol. The van der Waals surface area contributed by atoms with Crippen molar-refractivity contribution >= 4 is 28.6 Å². The minimum absolute atomic E-state index is 0.223. The highest BCUT2D eigenvalue weighted by Gasteiger charge is 2.31. The van der Waals surface area contributed by atoms with Crippen LogP contribution in [0.3, 0.4) is 0 Å². The molecule has 1 aromatic carbocycles. The van der Waals surface area contributed by atoms with Gasteiger partial charge < -0.3 is 15.0 Å². The number of halogens is 1. The maximum atomic E-state index is 6.05. The average Bonchev–Trinajstić information content (AvgIpc) is 2.90. The monoisotopic (exact) mass is 265 g/mol. The van der Waals surface area contributed by atoms with Gasteiger partial charge in [-0.1, -0.05) is 11.6 Å². The highest BCUT2D eigenvalue weighted by atomic mass is 35.5. The van der Waals surface area contributed by atoms with E-state index >= 15 is 0 Å². The standard InChI is InChI=1S/C13H16ClN3O/c1-18-12-4-2-3-11(12)17-10-6-5-8(14)7-9(10)16-13(17)15/h5-7,11-12H,2-4H2,1H3,(H2,15,16). The van der Waals surface area contributed by atoms with Gasteiger partial charge in [-0.15, -0.1) is 0 Å². The number of nitrogen functional groups attached to an aromatic ring is 1. The molecule has 1 saturated carbocycles. The molecule has 2 aromatic rings. The van der Waals surface area contributed by atoms with Crippen molar-refractivity contribution in [2.75, 3.05) is 12.8 Å². The number of ether oxygens (including phenoxy) is 1. The number of fused-ring (bicyclic) bond motifs is 1. The molecular formula is C13H16ClN3O. The molecule has 2 unspecified atom stereocenters. The minimum Gasteiger partial charge on any atom is -0.379 e. The van der Waals surface area contributed by atoms with Crippen molar-refractivity contribution in [2.24, 2.45) is 0 Å². The normalized spacial score (nSPS) is 23.9. The van der Waals surface area contributed by atoms with Crippen molar-refractivity contribution < 1.29 is 4.74 Å². The average molecular weight is 266 g/mol. The summed E-state index contributed by atoms with van der Waals surface area (Å²) in [4.78, 5) is 4.39. The Labute approximate surface area is 111 Å². The van der Waals surface area contributed by atoms with Crippen LogP contribution in [0, 0.1) is 0 Å².